The molecule has 9 heteroatoms. The average molecular weight is 396 g/mol. The molecule has 2 fully saturated rings. The Morgan fingerprint density at radius 2 is 1.88 bits per heavy atom. The Morgan fingerprint density at radius 3 is 2.48 bits per heavy atom. The van der Waals surface area contributed by atoms with E-state index in [-0.39, 0.29) is 30.9 Å². The summed E-state index contributed by atoms with van der Waals surface area (Å²) in [6.45, 7) is 5.04. The summed E-state index contributed by atoms with van der Waals surface area (Å²) in [5, 5.41) is 14.4. The van der Waals surface area contributed by atoms with E-state index in [1.165, 1.54) is 12.1 Å². The highest BCUT2D eigenvalue weighted by atomic mass is 35.5. The van der Waals surface area contributed by atoms with Crippen LogP contribution in [0.15, 0.2) is 18.2 Å². The van der Waals surface area contributed by atoms with Crippen LogP contribution >= 0.6 is 24.8 Å². The molecule has 1 N–H and O–H groups in total. The lowest BCUT2D eigenvalue weighted by Crippen LogP contribution is -2.47. The highest BCUT2D eigenvalue weighted by molar-refractivity contribution is 5.85. The Balaban J connectivity index is 0.00000156. The number of rotatable bonds is 4. The molecule has 0 spiro atoms. The number of hydrogen-bond acceptors (Lipinski definition) is 5. The third kappa shape index (κ3) is 5.24. The van der Waals surface area contributed by atoms with Gasteiger partial charge in [-0.1, -0.05) is 6.07 Å². The SMILES string of the molecule is Cl.Cl.O=[N+]([O-])c1cc([C@H](C2CCOCC2)N2CCNCC2)ccc1F. The molecule has 6 nitrogen and oxygen atoms in total. The first-order valence-electron chi connectivity index (χ1n) is 8.13. The van der Waals surface area contributed by atoms with Crippen molar-refractivity contribution in [1.82, 2.24) is 10.2 Å². The van der Waals surface area contributed by atoms with Gasteiger partial charge in [0.05, 0.1) is 4.92 Å². The number of nitro benzene ring substituents is 1. The summed E-state index contributed by atoms with van der Waals surface area (Å²) >= 11 is 0. The maximum Gasteiger partial charge on any atom is 0.305 e. The van der Waals surface area contributed by atoms with E-state index in [4.69, 9.17) is 4.74 Å². The van der Waals surface area contributed by atoms with E-state index < -0.39 is 16.4 Å². The fraction of sp³-hybridized carbons (Fsp3) is 0.625. The van der Waals surface area contributed by atoms with E-state index in [9.17, 15) is 14.5 Å². The fourth-order valence-electron chi connectivity index (χ4n) is 3.63. The first-order valence-corrected chi connectivity index (χ1v) is 8.13. The number of hydrogen-bond donors (Lipinski definition) is 1. The molecular formula is C16H24Cl2FN3O3. The average Bonchev–Trinajstić information content (AvgIpc) is 2.58. The van der Waals surface area contributed by atoms with Crippen LogP contribution in [-0.2, 0) is 4.74 Å². The maximum absolute atomic E-state index is 13.7. The van der Waals surface area contributed by atoms with E-state index >= 15 is 0 Å². The Kier molecular flexibility index (Phi) is 9.02. The summed E-state index contributed by atoms with van der Waals surface area (Å²) in [7, 11) is 0. The Labute approximate surface area is 159 Å². The van der Waals surface area contributed by atoms with Crippen LogP contribution in [0, 0.1) is 21.8 Å². The van der Waals surface area contributed by atoms with Gasteiger partial charge >= 0.3 is 5.69 Å². The zero-order valence-corrected chi connectivity index (χ0v) is 15.5. The lowest BCUT2D eigenvalue weighted by molar-refractivity contribution is -0.387. The van der Waals surface area contributed by atoms with Gasteiger partial charge in [-0.2, -0.15) is 4.39 Å². The molecule has 2 heterocycles. The van der Waals surface area contributed by atoms with E-state index in [0.717, 1.165) is 57.8 Å². The molecule has 0 radical (unpaired) electrons. The van der Waals surface area contributed by atoms with Crippen LogP contribution in [0.1, 0.15) is 24.4 Å². The second-order valence-corrected chi connectivity index (χ2v) is 6.15. The van der Waals surface area contributed by atoms with Gasteiger partial charge < -0.3 is 10.1 Å². The molecule has 0 amide bonds. The molecule has 2 saturated heterocycles. The van der Waals surface area contributed by atoms with Gasteiger partial charge in [0, 0.05) is 51.5 Å². The fourth-order valence-corrected chi connectivity index (χ4v) is 3.63. The molecule has 0 bridgehead atoms. The zero-order chi connectivity index (χ0) is 16.2. The van der Waals surface area contributed by atoms with Crippen LogP contribution in [0.25, 0.3) is 0 Å². The van der Waals surface area contributed by atoms with Crippen molar-refractivity contribution in [3.63, 3.8) is 0 Å². The topological polar surface area (TPSA) is 67.6 Å². The standard InChI is InChI=1S/C16H22FN3O3.2ClH/c17-14-2-1-13(11-15(14)20(21)22)16(12-3-9-23-10-4-12)19-7-5-18-6-8-19;;/h1-2,11-12,16,18H,3-10H2;2*1H/t16-;;/m0../s1. The van der Waals surface area contributed by atoms with Crippen LogP contribution in [0.3, 0.4) is 0 Å². The minimum absolute atomic E-state index is 0. The molecule has 0 aliphatic carbocycles. The van der Waals surface area contributed by atoms with Crippen LogP contribution in [0.2, 0.25) is 0 Å². The van der Waals surface area contributed by atoms with Gasteiger partial charge in [0.1, 0.15) is 0 Å². The van der Waals surface area contributed by atoms with Crippen molar-refractivity contribution in [2.24, 2.45) is 5.92 Å². The number of piperazine rings is 1. The van der Waals surface area contributed by atoms with E-state index in [1.54, 1.807) is 6.07 Å². The minimum Gasteiger partial charge on any atom is -0.381 e. The number of nitro groups is 1. The van der Waals surface area contributed by atoms with Crippen molar-refractivity contribution in [3.05, 3.63) is 39.7 Å². The van der Waals surface area contributed by atoms with Crippen molar-refractivity contribution < 1.29 is 14.1 Å². The molecule has 2 aliphatic rings. The molecule has 0 saturated carbocycles. The predicted octanol–water partition coefficient (Wildman–Crippen LogP) is 2.95. The summed E-state index contributed by atoms with van der Waals surface area (Å²) in [5.74, 6) is -0.392. The molecule has 2 aliphatic heterocycles. The monoisotopic (exact) mass is 395 g/mol. The Hall–Kier alpha value is -0.990. The lowest BCUT2D eigenvalue weighted by Gasteiger charge is -2.41. The zero-order valence-electron chi connectivity index (χ0n) is 13.9. The Morgan fingerprint density at radius 1 is 1.24 bits per heavy atom. The molecule has 1 aromatic carbocycles. The lowest BCUT2D eigenvalue weighted by atomic mass is 9.85. The van der Waals surface area contributed by atoms with Crippen LogP contribution in [0.5, 0.6) is 0 Å². The van der Waals surface area contributed by atoms with Gasteiger partial charge in [-0.15, -0.1) is 24.8 Å². The smallest absolute Gasteiger partial charge is 0.305 e. The highest BCUT2D eigenvalue weighted by Crippen LogP contribution is 2.37. The molecule has 25 heavy (non-hydrogen) atoms. The molecule has 142 valence electrons. The number of nitrogens with one attached hydrogen (secondary N) is 1. The summed E-state index contributed by atoms with van der Waals surface area (Å²) in [6.07, 6.45) is 1.86. The molecule has 0 aromatic heterocycles. The third-order valence-electron chi connectivity index (χ3n) is 4.77. The van der Waals surface area contributed by atoms with Crippen molar-refractivity contribution in [2.75, 3.05) is 39.4 Å². The summed E-state index contributed by atoms with van der Waals surface area (Å²) in [6, 6.07) is 4.42. The van der Waals surface area contributed by atoms with Crippen LogP contribution in [-0.4, -0.2) is 49.2 Å². The summed E-state index contributed by atoms with van der Waals surface area (Å²) < 4.78 is 19.1. The highest BCUT2D eigenvalue weighted by Gasteiger charge is 2.32. The first kappa shape index (κ1) is 22.1. The minimum atomic E-state index is -0.773. The van der Waals surface area contributed by atoms with E-state index in [2.05, 4.69) is 10.2 Å². The molecular weight excluding hydrogens is 372 g/mol. The number of ether oxygens (including phenoxy) is 1. The van der Waals surface area contributed by atoms with Crippen LogP contribution in [0.4, 0.5) is 10.1 Å². The number of halogens is 3. The van der Waals surface area contributed by atoms with E-state index in [0.29, 0.717) is 5.92 Å². The van der Waals surface area contributed by atoms with Gasteiger partial charge in [0.15, 0.2) is 0 Å². The molecule has 1 atom stereocenters. The van der Waals surface area contributed by atoms with Gasteiger partial charge in [0.25, 0.3) is 0 Å². The van der Waals surface area contributed by atoms with Crippen molar-refractivity contribution >= 4 is 30.5 Å². The molecule has 3 rings (SSSR count). The number of benzene rings is 1. The Bertz CT molecular complexity index is 550. The molecule has 0 unspecified atom stereocenters. The second-order valence-electron chi connectivity index (χ2n) is 6.15. The largest absolute Gasteiger partial charge is 0.381 e. The summed E-state index contributed by atoms with van der Waals surface area (Å²) in [4.78, 5) is 12.8. The van der Waals surface area contributed by atoms with Gasteiger partial charge in [0.2, 0.25) is 5.82 Å². The second kappa shape index (κ2) is 10.2. The van der Waals surface area contributed by atoms with Crippen LogP contribution < -0.4 is 5.32 Å². The third-order valence-corrected chi connectivity index (χ3v) is 4.77. The van der Waals surface area contributed by atoms with Crippen molar-refractivity contribution in [1.29, 1.82) is 0 Å². The van der Waals surface area contributed by atoms with Gasteiger partial charge in [-0.3, -0.25) is 15.0 Å². The quantitative estimate of drug-likeness (QED) is 0.626. The van der Waals surface area contributed by atoms with E-state index in [1.807, 2.05) is 0 Å². The van der Waals surface area contributed by atoms with Gasteiger partial charge in [-0.25, -0.2) is 0 Å². The number of nitrogens with zero attached hydrogens (tertiary/aromatic N) is 2. The predicted molar refractivity (Wildman–Crippen MR) is 98.3 cm³/mol. The first-order chi connectivity index (χ1) is 11.2. The van der Waals surface area contributed by atoms with Gasteiger partial charge in [-0.05, 0) is 30.4 Å². The normalized spacial score (nSPS) is 20.2. The van der Waals surface area contributed by atoms with Crippen molar-refractivity contribution in [3.8, 4) is 0 Å². The molecule has 1 aromatic rings. The summed E-state index contributed by atoms with van der Waals surface area (Å²) in [5.41, 5.74) is 0.404. The maximum atomic E-state index is 13.7. The van der Waals surface area contributed by atoms with Crippen molar-refractivity contribution in [2.45, 2.75) is 18.9 Å².